The summed E-state index contributed by atoms with van der Waals surface area (Å²) in [6.07, 6.45) is 4.07. The van der Waals surface area contributed by atoms with Gasteiger partial charge in [-0.25, -0.2) is 9.97 Å². The van der Waals surface area contributed by atoms with Crippen LogP contribution in [-0.4, -0.2) is 20.3 Å². The first-order valence-electron chi connectivity index (χ1n) is 6.76. The Morgan fingerprint density at radius 1 is 1.36 bits per heavy atom. The van der Waals surface area contributed by atoms with Gasteiger partial charge in [0.2, 0.25) is 5.91 Å². The molecule has 0 saturated heterocycles. The summed E-state index contributed by atoms with van der Waals surface area (Å²) >= 11 is 3.04. The monoisotopic (exact) mass is 328 g/mol. The first kappa shape index (κ1) is 13.4. The van der Waals surface area contributed by atoms with Gasteiger partial charge in [-0.3, -0.25) is 9.20 Å². The van der Waals surface area contributed by atoms with E-state index in [4.69, 9.17) is 0 Å². The van der Waals surface area contributed by atoms with E-state index in [9.17, 15) is 4.79 Å². The minimum atomic E-state index is -0.0949. The molecule has 4 aromatic rings. The van der Waals surface area contributed by atoms with Crippen LogP contribution in [0.15, 0.2) is 36.0 Å². The average Bonchev–Trinajstić information content (AvgIpc) is 3.12. The van der Waals surface area contributed by atoms with Gasteiger partial charge in [-0.15, -0.1) is 11.3 Å². The second-order valence-corrected chi connectivity index (χ2v) is 6.89. The number of aromatic nitrogens is 3. The molecule has 0 radical (unpaired) electrons. The molecule has 110 valence electrons. The van der Waals surface area contributed by atoms with Crippen LogP contribution < -0.4 is 5.32 Å². The summed E-state index contributed by atoms with van der Waals surface area (Å²) in [6, 6.07) is 6.03. The largest absolute Gasteiger partial charge is 0.302 e. The standard InChI is InChI=1S/C15H12N4OS2/c1-9-3-2-4-11-13(9)18-14(22-11)17-12(20)7-10-8-19-5-6-21-15(19)16-10/h2-6,8H,7H2,1H3,(H,17,18,20). The van der Waals surface area contributed by atoms with E-state index < -0.39 is 0 Å². The molecule has 4 rings (SSSR count). The number of carbonyl (C=O) groups is 1. The zero-order valence-corrected chi connectivity index (χ0v) is 13.4. The highest BCUT2D eigenvalue weighted by atomic mass is 32.1. The van der Waals surface area contributed by atoms with Gasteiger partial charge in [0.1, 0.15) is 0 Å². The Hall–Kier alpha value is -2.25. The van der Waals surface area contributed by atoms with Crippen molar-refractivity contribution >= 4 is 48.9 Å². The number of anilines is 1. The smallest absolute Gasteiger partial charge is 0.232 e. The number of para-hydroxylation sites is 1. The number of nitrogens with one attached hydrogen (secondary N) is 1. The van der Waals surface area contributed by atoms with Crippen LogP contribution in [0.3, 0.4) is 0 Å². The fraction of sp³-hybridized carbons (Fsp3) is 0.133. The van der Waals surface area contributed by atoms with E-state index in [-0.39, 0.29) is 12.3 Å². The number of aryl methyl sites for hydroxylation is 1. The fourth-order valence-electron chi connectivity index (χ4n) is 2.33. The third kappa shape index (κ3) is 2.38. The molecular weight excluding hydrogens is 316 g/mol. The third-order valence-electron chi connectivity index (χ3n) is 3.35. The van der Waals surface area contributed by atoms with Crippen LogP contribution >= 0.6 is 22.7 Å². The van der Waals surface area contributed by atoms with Gasteiger partial charge in [-0.2, -0.15) is 0 Å². The van der Waals surface area contributed by atoms with Crippen molar-refractivity contribution in [1.82, 2.24) is 14.4 Å². The summed E-state index contributed by atoms with van der Waals surface area (Å²) in [4.78, 5) is 22.0. The first-order chi connectivity index (χ1) is 10.7. The number of rotatable bonds is 3. The quantitative estimate of drug-likeness (QED) is 0.626. The van der Waals surface area contributed by atoms with Crippen molar-refractivity contribution in [2.24, 2.45) is 0 Å². The molecule has 0 fully saturated rings. The van der Waals surface area contributed by atoms with Gasteiger partial charge in [0.15, 0.2) is 10.1 Å². The Bertz CT molecular complexity index is 953. The van der Waals surface area contributed by atoms with Crippen molar-refractivity contribution in [2.45, 2.75) is 13.3 Å². The SMILES string of the molecule is Cc1cccc2sc(NC(=O)Cc3cn4ccsc4n3)nc12. The molecular formula is C15H12N4OS2. The molecule has 0 atom stereocenters. The zero-order valence-electron chi connectivity index (χ0n) is 11.7. The minimum absolute atomic E-state index is 0.0949. The molecule has 0 bridgehead atoms. The number of carbonyl (C=O) groups excluding carboxylic acids is 1. The topological polar surface area (TPSA) is 59.3 Å². The van der Waals surface area contributed by atoms with Crippen LogP contribution in [0.25, 0.3) is 15.2 Å². The van der Waals surface area contributed by atoms with Crippen molar-refractivity contribution in [2.75, 3.05) is 5.32 Å². The van der Waals surface area contributed by atoms with Gasteiger partial charge >= 0.3 is 0 Å². The number of imidazole rings is 1. The molecule has 0 spiro atoms. The van der Waals surface area contributed by atoms with Crippen LogP contribution in [0.4, 0.5) is 5.13 Å². The Morgan fingerprint density at radius 2 is 2.27 bits per heavy atom. The van der Waals surface area contributed by atoms with Crippen LogP contribution in [0.1, 0.15) is 11.3 Å². The van der Waals surface area contributed by atoms with E-state index in [0.717, 1.165) is 26.4 Å². The van der Waals surface area contributed by atoms with Gasteiger partial charge in [0.25, 0.3) is 0 Å². The molecule has 0 saturated carbocycles. The van der Waals surface area contributed by atoms with Gasteiger partial charge < -0.3 is 5.32 Å². The number of benzene rings is 1. The van der Waals surface area contributed by atoms with Gasteiger partial charge in [0, 0.05) is 17.8 Å². The fourth-order valence-corrected chi connectivity index (χ4v) is 4.01. The van der Waals surface area contributed by atoms with E-state index in [1.165, 1.54) is 11.3 Å². The maximum atomic E-state index is 12.2. The van der Waals surface area contributed by atoms with Gasteiger partial charge in [-0.05, 0) is 18.6 Å². The zero-order chi connectivity index (χ0) is 15.1. The number of thiazole rings is 2. The van der Waals surface area contributed by atoms with Crippen LogP contribution in [0.2, 0.25) is 0 Å². The summed E-state index contributed by atoms with van der Waals surface area (Å²) in [5, 5.41) is 5.47. The summed E-state index contributed by atoms with van der Waals surface area (Å²) in [5.41, 5.74) is 2.83. The van der Waals surface area contributed by atoms with Crippen molar-refractivity contribution in [3.63, 3.8) is 0 Å². The molecule has 0 aliphatic heterocycles. The first-order valence-corrected chi connectivity index (χ1v) is 8.46. The van der Waals surface area contributed by atoms with Crippen molar-refractivity contribution in [3.05, 3.63) is 47.2 Å². The lowest BCUT2D eigenvalue weighted by Gasteiger charge is -1.98. The van der Waals surface area contributed by atoms with E-state index in [1.54, 1.807) is 11.3 Å². The predicted octanol–water partition coefficient (Wildman–Crippen LogP) is 3.50. The Balaban J connectivity index is 1.52. The van der Waals surface area contributed by atoms with E-state index in [2.05, 4.69) is 15.3 Å². The second-order valence-electron chi connectivity index (χ2n) is 4.99. The summed E-state index contributed by atoms with van der Waals surface area (Å²) in [5.74, 6) is -0.0949. The highest BCUT2D eigenvalue weighted by Crippen LogP contribution is 2.27. The van der Waals surface area contributed by atoms with E-state index in [1.807, 2.05) is 47.3 Å². The molecule has 1 amide bonds. The highest BCUT2D eigenvalue weighted by Gasteiger charge is 2.12. The number of nitrogens with zero attached hydrogens (tertiary/aromatic N) is 3. The number of amides is 1. The van der Waals surface area contributed by atoms with Crippen molar-refractivity contribution < 1.29 is 4.79 Å². The van der Waals surface area contributed by atoms with Crippen molar-refractivity contribution in [3.8, 4) is 0 Å². The maximum Gasteiger partial charge on any atom is 0.232 e. The molecule has 22 heavy (non-hydrogen) atoms. The Labute approximate surface area is 134 Å². The van der Waals surface area contributed by atoms with Crippen LogP contribution in [-0.2, 0) is 11.2 Å². The predicted molar refractivity (Wildman–Crippen MR) is 89.8 cm³/mol. The molecule has 1 aromatic carbocycles. The molecule has 0 aliphatic rings. The highest BCUT2D eigenvalue weighted by molar-refractivity contribution is 7.22. The minimum Gasteiger partial charge on any atom is -0.302 e. The molecule has 0 aliphatic carbocycles. The van der Waals surface area contributed by atoms with E-state index in [0.29, 0.717) is 5.13 Å². The number of fused-ring (bicyclic) bond motifs is 2. The van der Waals surface area contributed by atoms with Crippen LogP contribution in [0.5, 0.6) is 0 Å². The lowest BCUT2D eigenvalue weighted by Crippen LogP contribution is -2.14. The van der Waals surface area contributed by atoms with Crippen LogP contribution in [0, 0.1) is 6.92 Å². The summed E-state index contributed by atoms with van der Waals surface area (Å²) < 4.78 is 3.01. The number of hydrogen-bond donors (Lipinski definition) is 1. The molecule has 7 heteroatoms. The molecule has 3 heterocycles. The normalized spacial score (nSPS) is 11.3. The van der Waals surface area contributed by atoms with Gasteiger partial charge in [-0.1, -0.05) is 23.5 Å². The van der Waals surface area contributed by atoms with Gasteiger partial charge in [0.05, 0.1) is 22.3 Å². The summed E-state index contributed by atoms with van der Waals surface area (Å²) in [7, 11) is 0. The number of hydrogen-bond acceptors (Lipinski definition) is 5. The van der Waals surface area contributed by atoms with E-state index >= 15 is 0 Å². The molecule has 1 N–H and O–H groups in total. The molecule has 5 nitrogen and oxygen atoms in total. The average molecular weight is 328 g/mol. The summed E-state index contributed by atoms with van der Waals surface area (Å²) in [6.45, 7) is 2.02. The third-order valence-corrected chi connectivity index (χ3v) is 5.06. The molecule has 3 aromatic heterocycles. The Morgan fingerprint density at radius 3 is 3.09 bits per heavy atom. The second kappa shape index (κ2) is 5.19. The molecule has 0 unspecified atom stereocenters. The maximum absolute atomic E-state index is 12.2. The lowest BCUT2D eigenvalue weighted by molar-refractivity contribution is -0.115. The lowest BCUT2D eigenvalue weighted by atomic mass is 10.2. The van der Waals surface area contributed by atoms with Crippen molar-refractivity contribution in [1.29, 1.82) is 0 Å². The Kier molecular flexibility index (Phi) is 3.16.